The Labute approximate surface area is 163 Å². The van der Waals surface area contributed by atoms with Crippen LogP contribution in [-0.4, -0.2) is 65.2 Å². The van der Waals surface area contributed by atoms with Gasteiger partial charge in [-0.05, 0) is 37.6 Å². The Morgan fingerprint density at radius 2 is 1.79 bits per heavy atom. The predicted octanol–water partition coefficient (Wildman–Crippen LogP) is 2.10. The summed E-state index contributed by atoms with van der Waals surface area (Å²) in [7, 11) is 1.58. The minimum Gasteiger partial charge on any atom is -0.497 e. The third-order valence-electron chi connectivity index (χ3n) is 4.93. The molecule has 0 spiro atoms. The van der Waals surface area contributed by atoms with Crippen molar-refractivity contribution < 1.29 is 24.0 Å². The van der Waals surface area contributed by atoms with Crippen molar-refractivity contribution >= 4 is 11.8 Å². The zero-order chi connectivity index (χ0) is 20.3. The van der Waals surface area contributed by atoms with Gasteiger partial charge in [-0.2, -0.15) is 0 Å². The number of ether oxygens (including phenoxy) is 1. The number of benzene rings is 1. The molecule has 1 aromatic carbocycles. The summed E-state index contributed by atoms with van der Waals surface area (Å²) >= 11 is 0. The molecule has 0 saturated carbocycles. The van der Waals surface area contributed by atoms with Crippen LogP contribution in [0.4, 0.5) is 0 Å². The molecule has 0 aliphatic carbocycles. The van der Waals surface area contributed by atoms with Gasteiger partial charge in [0.25, 0.3) is 5.91 Å². The molecular weight excluding hydrogens is 362 g/mol. The number of hydrogen-bond donors (Lipinski definition) is 1. The van der Waals surface area contributed by atoms with Gasteiger partial charge in [-0.25, -0.2) is 0 Å². The number of amides is 2. The van der Waals surface area contributed by atoms with Crippen LogP contribution in [0.5, 0.6) is 5.75 Å². The summed E-state index contributed by atoms with van der Waals surface area (Å²) in [6, 6.07) is 7.16. The van der Waals surface area contributed by atoms with Crippen molar-refractivity contribution in [3.63, 3.8) is 0 Å². The zero-order valence-corrected chi connectivity index (χ0v) is 16.3. The van der Waals surface area contributed by atoms with Crippen molar-refractivity contribution in [3.8, 4) is 17.0 Å². The van der Waals surface area contributed by atoms with Crippen LogP contribution in [0.2, 0.25) is 0 Å². The lowest BCUT2D eigenvalue weighted by molar-refractivity contribution is -0.128. The summed E-state index contributed by atoms with van der Waals surface area (Å²) < 4.78 is 10.5. The number of aliphatic hydroxyl groups excluding tert-OH is 1. The highest BCUT2D eigenvalue weighted by Crippen LogP contribution is 2.32. The first kappa shape index (κ1) is 19.9. The maximum atomic E-state index is 13.1. The number of nitrogens with zero attached hydrogens (tertiary/aromatic N) is 3. The molecule has 0 bridgehead atoms. The first-order valence-corrected chi connectivity index (χ1v) is 9.29. The van der Waals surface area contributed by atoms with Crippen molar-refractivity contribution in [3.05, 3.63) is 35.6 Å². The fourth-order valence-electron chi connectivity index (χ4n) is 3.38. The van der Waals surface area contributed by atoms with Crippen LogP contribution in [0.1, 0.15) is 42.5 Å². The molecule has 1 atom stereocenters. The lowest BCUT2D eigenvalue weighted by Gasteiger charge is -2.21. The summed E-state index contributed by atoms with van der Waals surface area (Å²) in [5.74, 6) is 0.410. The average molecular weight is 387 g/mol. The van der Waals surface area contributed by atoms with E-state index in [9.17, 15) is 14.7 Å². The minimum atomic E-state index is -0.928. The molecule has 150 valence electrons. The number of aliphatic hydroxyl groups is 1. The highest BCUT2D eigenvalue weighted by Gasteiger charge is 2.30. The lowest BCUT2D eigenvalue weighted by Crippen LogP contribution is -2.36. The Balaban J connectivity index is 1.88. The molecular formula is C20H25N3O5. The van der Waals surface area contributed by atoms with E-state index in [0.717, 1.165) is 5.56 Å². The van der Waals surface area contributed by atoms with E-state index in [1.165, 1.54) is 6.92 Å². The van der Waals surface area contributed by atoms with Gasteiger partial charge in [-0.15, -0.1) is 0 Å². The summed E-state index contributed by atoms with van der Waals surface area (Å²) in [6.45, 7) is 5.13. The Morgan fingerprint density at radius 1 is 1.14 bits per heavy atom. The van der Waals surface area contributed by atoms with E-state index in [2.05, 4.69) is 5.16 Å². The third-order valence-corrected chi connectivity index (χ3v) is 4.93. The second-order valence-corrected chi connectivity index (χ2v) is 6.83. The monoisotopic (exact) mass is 387 g/mol. The summed E-state index contributed by atoms with van der Waals surface area (Å²) in [5, 5.41) is 14.4. The molecule has 0 radical (unpaired) electrons. The normalized spacial score (nSPS) is 15.9. The number of carbonyl (C=O) groups excluding carboxylic acids is 2. The van der Waals surface area contributed by atoms with E-state index in [0.29, 0.717) is 49.6 Å². The molecule has 2 heterocycles. The maximum absolute atomic E-state index is 13.1. The van der Waals surface area contributed by atoms with Gasteiger partial charge >= 0.3 is 0 Å². The number of rotatable bonds is 4. The lowest BCUT2D eigenvalue weighted by atomic mass is 10.0. The second-order valence-electron chi connectivity index (χ2n) is 6.83. The first-order chi connectivity index (χ1) is 13.4. The van der Waals surface area contributed by atoms with E-state index in [-0.39, 0.29) is 17.6 Å². The van der Waals surface area contributed by atoms with E-state index < -0.39 is 6.10 Å². The van der Waals surface area contributed by atoms with Crippen molar-refractivity contribution in [1.82, 2.24) is 15.0 Å². The summed E-state index contributed by atoms with van der Waals surface area (Å²) in [5.41, 5.74) is 1.52. The molecule has 1 aliphatic rings. The predicted molar refractivity (Wildman–Crippen MR) is 102 cm³/mol. The van der Waals surface area contributed by atoms with Gasteiger partial charge < -0.3 is 24.2 Å². The molecule has 8 nitrogen and oxygen atoms in total. The fourth-order valence-corrected chi connectivity index (χ4v) is 3.38. The molecule has 0 unspecified atom stereocenters. The van der Waals surface area contributed by atoms with Crippen molar-refractivity contribution in [2.45, 2.75) is 26.4 Å². The van der Waals surface area contributed by atoms with E-state index in [4.69, 9.17) is 9.26 Å². The van der Waals surface area contributed by atoms with Crippen LogP contribution in [0.15, 0.2) is 28.8 Å². The summed E-state index contributed by atoms with van der Waals surface area (Å²) in [6.07, 6.45) is -0.238. The van der Waals surface area contributed by atoms with Gasteiger partial charge in [0.05, 0.1) is 18.8 Å². The molecule has 3 rings (SSSR count). The highest BCUT2D eigenvalue weighted by atomic mass is 16.5. The van der Waals surface area contributed by atoms with Crippen LogP contribution in [-0.2, 0) is 4.79 Å². The van der Waals surface area contributed by atoms with Gasteiger partial charge in [0.2, 0.25) is 11.7 Å². The SMILES string of the molecule is COc1ccc(-c2noc(C(=O)N3CCCN(C(C)=O)CC3)c2[C@H](C)O)cc1. The maximum Gasteiger partial charge on any atom is 0.292 e. The molecule has 1 N–H and O–H groups in total. The Hall–Kier alpha value is -2.87. The van der Waals surface area contributed by atoms with Crippen molar-refractivity contribution in [2.24, 2.45) is 0 Å². The smallest absolute Gasteiger partial charge is 0.292 e. The Morgan fingerprint density at radius 3 is 2.39 bits per heavy atom. The number of carbonyl (C=O) groups is 2. The van der Waals surface area contributed by atoms with Crippen LogP contribution in [0.3, 0.4) is 0 Å². The second kappa shape index (κ2) is 8.43. The molecule has 2 aromatic rings. The van der Waals surface area contributed by atoms with Crippen LogP contribution >= 0.6 is 0 Å². The molecule has 1 saturated heterocycles. The van der Waals surface area contributed by atoms with Gasteiger partial charge in [-0.1, -0.05) is 5.16 Å². The molecule has 1 aliphatic heterocycles. The summed E-state index contributed by atoms with van der Waals surface area (Å²) in [4.78, 5) is 28.0. The third kappa shape index (κ3) is 4.01. The quantitative estimate of drug-likeness (QED) is 0.863. The van der Waals surface area contributed by atoms with Gasteiger partial charge in [-0.3, -0.25) is 9.59 Å². The highest BCUT2D eigenvalue weighted by molar-refractivity contribution is 5.94. The molecule has 8 heteroatoms. The number of aromatic nitrogens is 1. The molecule has 28 heavy (non-hydrogen) atoms. The Bertz CT molecular complexity index is 844. The zero-order valence-electron chi connectivity index (χ0n) is 16.3. The largest absolute Gasteiger partial charge is 0.497 e. The first-order valence-electron chi connectivity index (χ1n) is 9.29. The van der Waals surface area contributed by atoms with E-state index in [1.807, 2.05) is 0 Å². The van der Waals surface area contributed by atoms with Crippen LogP contribution in [0.25, 0.3) is 11.3 Å². The minimum absolute atomic E-state index is 0.000394. The number of methoxy groups -OCH3 is 1. The Kier molecular flexibility index (Phi) is 5.99. The fraction of sp³-hybridized carbons (Fsp3) is 0.450. The van der Waals surface area contributed by atoms with Gasteiger partial charge in [0.1, 0.15) is 11.4 Å². The topological polar surface area (TPSA) is 96.1 Å². The average Bonchev–Trinajstić information content (AvgIpc) is 2.98. The van der Waals surface area contributed by atoms with Gasteiger partial charge in [0.15, 0.2) is 0 Å². The molecule has 1 fully saturated rings. The van der Waals surface area contributed by atoms with Crippen molar-refractivity contribution in [2.75, 3.05) is 33.3 Å². The van der Waals surface area contributed by atoms with Crippen LogP contribution < -0.4 is 4.74 Å². The van der Waals surface area contributed by atoms with Crippen LogP contribution in [0, 0.1) is 0 Å². The number of hydrogen-bond acceptors (Lipinski definition) is 6. The van der Waals surface area contributed by atoms with Gasteiger partial charge in [0, 0.05) is 38.7 Å². The van der Waals surface area contributed by atoms with E-state index >= 15 is 0 Å². The molecule has 1 aromatic heterocycles. The van der Waals surface area contributed by atoms with Crippen molar-refractivity contribution in [1.29, 1.82) is 0 Å². The molecule has 2 amide bonds. The standard InChI is InChI=1S/C20H25N3O5/c1-13(24)17-18(15-5-7-16(27-3)8-6-15)21-28-19(17)20(26)23-10-4-9-22(11-12-23)14(2)25/h5-8,13,24H,4,9-12H2,1-3H3/t13-/m0/s1. The van der Waals surface area contributed by atoms with E-state index in [1.54, 1.807) is 48.1 Å².